The number of fused-ring (bicyclic) bond motifs is 1. The standard InChI is InChI=1S/C14H20N2O2/c1-3-16(2)14(17)10-18-12-8-11-6-4-5-7-13(11)15-9-12/h4-7,12,15H,3,8-10H2,1-2H3. The first-order chi connectivity index (χ1) is 8.70. The molecule has 4 heteroatoms. The van der Waals surface area contributed by atoms with Crippen molar-refractivity contribution in [1.29, 1.82) is 0 Å². The normalized spacial score (nSPS) is 17.8. The summed E-state index contributed by atoms with van der Waals surface area (Å²) in [5.74, 6) is 0.0383. The van der Waals surface area contributed by atoms with Crippen molar-refractivity contribution in [3.8, 4) is 0 Å². The van der Waals surface area contributed by atoms with Gasteiger partial charge in [0.2, 0.25) is 5.91 Å². The summed E-state index contributed by atoms with van der Waals surface area (Å²) in [6.45, 7) is 3.60. The summed E-state index contributed by atoms with van der Waals surface area (Å²) < 4.78 is 5.67. The average Bonchev–Trinajstić information content (AvgIpc) is 2.43. The molecule has 0 radical (unpaired) electrons. The fourth-order valence-corrected chi connectivity index (χ4v) is 2.01. The van der Waals surface area contributed by atoms with Crippen LogP contribution in [0.4, 0.5) is 5.69 Å². The number of hydrogen-bond donors (Lipinski definition) is 1. The number of ether oxygens (including phenoxy) is 1. The van der Waals surface area contributed by atoms with Gasteiger partial charge in [-0.3, -0.25) is 4.79 Å². The lowest BCUT2D eigenvalue weighted by atomic mass is 10.0. The zero-order valence-electron chi connectivity index (χ0n) is 11.0. The highest BCUT2D eigenvalue weighted by molar-refractivity contribution is 5.77. The van der Waals surface area contributed by atoms with E-state index >= 15 is 0 Å². The van der Waals surface area contributed by atoms with E-state index in [1.54, 1.807) is 11.9 Å². The Balaban J connectivity index is 1.85. The molecule has 1 aliphatic rings. The molecule has 2 rings (SSSR count). The van der Waals surface area contributed by atoms with Crippen LogP contribution in [0.2, 0.25) is 0 Å². The van der Waals surface area contributed by atoms with Crippen LogP contribution >= 0.6 is 0 Å². The molecule has 18 heavy (non-hydrogen) atoms. The lowest BCUT2D eigenvalue weighted by molar-refractivity contribution is -0.136. The molecule has 0 saturated carbocycles. The van der Waals surface area contributed by atoms with Crippen molar-refractivity contribution in [2.75, 3.05) is 32.1 Å². The zero-order chi connectivity index (χ0) is 13.0. The summed E-state index contributed by atoms with van der Waals surface area (Å²) in [6, 6.07) is 8.21. The van der Waals surface area contributed by atoms with Crippen LogP contribution in [-0.4, -0.2) is 43.7 Å². The smallest absolute Gasteiger partial charge is 0.248 e. The number of anilines is 1. The summed E-state index contributed by atoms with van der Waals surface area (Å²) in [4.78, 5) is 13.3. The molecule has 1 aromatic carbocycles. The van der Waals surface area contributed by atoms with Crippen molar-refractivity contribution in [3.63, 3.8) is 0 Å². The van der Waals surface area contributed by atoms with Crippen molar-refractivity contribution in [2.45, 2.75) is 19.4 Å². The number of amides is 1. The minimum Gasteiger partial charge on any atom is -0.382 e. The van der Waals surface area contributed by atoms with Gasteiger partial charge in [0.1, 0.15) is 6.61 Å². The predicted octanol–water partition coefficient (Wildman–Crippen LogP) is 1.52. The molecular weight excluding hydrogens is 228 g/mol. The van der Waals surface area contributed by atoms with Crippen LogP contribution in [-0.2, 0) is 16.0 Å². The Morgan fingerprint density at radius 2 is 2.28 bits per heavy atom. The first kappa shape index (κ1) is 12.9. The van der Waals surface area contributed by atoms with Gasteiger partial charge in [0.15, 0.2) is 0 Å². The molecule has 0 fully saturated rings. The van der Waals surface area contributed by atoms with E-state index in [9.17, 15) is 4.79 Å². The number of nitrogens with one attached hydrogen (secondary N) is 1. The van der Waals surface area contributed by atoms with E-state index in [0.717, 1.165) is 13.0 Å². The van der Waals surface area contributed by atoms with E-state index in [2.05, 4.69) is 17.4 Å². The summed E-state index contributed by atoms with van der Waals surface area (Å²) in [5.41, 5.74) is 2.43. The van der Waals surface area contributed by atoms with Crippen molar-refractivity contribution in [2.24, 2.45) is 0 Å². The topological polar surface area (TPSA) is 41.6 Å². The minimum atomic E-state index is 0.0383. The quantitative estimate of drug-likeness (QED) is 0.878. The highest BCUT2D eigenvalue weighted by atomic mass is 16.5. The van der Waals surface area contributed by atoms with Crippen molar-refractivity contribution < 1.29 is 9.53 Å². The molecule has 0 aromatic heterocycles. The first-order valence-electron chi connectivity index (χ1n) is 6.38. The van der Waals surface area contributed by atoms with Gasteiger partial charge in [-0.2, -0.15) is 0 Å². The summed E-state index contributed by atoms with van der Waals surface area (Å²) in [6.07, 6.45) is 0.945. The highest BCUT2D eigenvalue weighted by Gasteiger charge is 2.19. The first-order valence-corrected chi connectivity index (χ1v) is 6.38. The predicted molar refractivity (Wildman–Crippen MR) is 71.7 cm³/mol. The van der Waals surface area contributed by atoms with Crippen LogP contribution in [0, 0.1) is 0 Å². The Bertz CT molecular complexity index is 420. The van der Waals surface area contributed by atoms with E-state index < -0.39 is 0 Å². The number of carbonyl (C=O) groups excluding carboxylic acids is 1. The molecule has 0 saturated heterocycles. The molecule has 1 atom stereocenters. The number of likely N-dealkylation sites (N-methyl/N-ethyl adjacent to an activating group) is 1. The van der Waals surface area contributed by atoms with Crippen molar-refractivity contribution in [1.82, 2.24) is 4.90 Å². The second kappa shape index (κ2) is 5.87. The van der Waals surface area contributed by atoms with E-state index in [1.165, 1.54) is 11.3 Å². The second-order valence-corrected chi connectivity index (χ2v) is 4.58. The monoisotopic (exact) mass is 248 g/mol. The van der Waals surface area contributed by atoms with Gasteiger partial charge in [0.05, 0.1) is 6.10 Å². The number of rotatable bonds is 4. The Morgan fingerprint density at radius 1 is 1.50 bits per heavy atom. The van der Waals surface area contributed by atoms with Crippen LogP contribution in [0.5, 0.6) is 0 Å². The molecule has 1 amide bonds. The molecule has 98 valence electrons. The second-order valence-electron chi connectivity index (χ2n) is 4.58. The molecular formula is C14H20N2O2. The van der Waals surface area contributed by atoms with Crippen LogP contribution in [0.3, 0.4) is 0 Å². The average molecular weight is 248 g/mol. The van der Waals surface area contributed by atoms with Gasteiger partial charge in [-0.1, -0.05) is 18.2 Å². The lowest BCUT2D eigenvalue weighted by Gasteiger charge is -2.26. The molecule has 1 heterocycles. The maximum absolute atomic E-state index is 11.6. The molecule has 0 spiro atoms. The van der Waals surface area contributed by atoms with Gasteiger partial charge in [0.25, 0.3) is 0 Å². The van der Waals surface area contributed by atoms with Gasteiger partial charge in [-0.15, -0.1) is 0 Å². The highest BCUT2D eigenvalue weighted by Crippen LogP contribution is 2.22. The maximum atomic E-state index is 11.6. The van der Waals surface area contributed by atoms with Crippen molar-refractivity contribution in [3.05, 3.63) is 29.8 Å². The Morgan fingerprint density at radius 3 is 3.06 bits per heavy atom. The Labute approximate surface area is 108 Å². The van der Waals surface area contributed by atoms with E-state index in [-0.39, 0.29) is 18.6 Å². The molecule has 1 N–H and O–H groups in total. The number of carbonyl (C=O) groups is 1. The fraction of sp³-hybridized carbons (Fsp3) is 0.500. The van der Waals surface area contributed by atoms with Gasteiger partial charge in [-0.05, 0) is 18.6 Å². The largest absolute Gasteiger partial charge is 0.382 e. The third kappa shape index (κ3) is 3.01. The molecule has 1 unspecified atom stereocenters. The Kier molecular flexibility index (Phi) is 4.20. The van der Waals surface area contributed by atoms with Crippen LogP contribution in [0.15, 0.2) is 24.3 Å². The molecule has 1 aromatic rings. The van der Waals surface area contributed by atoms with Crippen LogP contribution in [0.25, 0.3) is 0 Å². The molecule has 4 nitrogen and oxygen atoms in total. The summed E-state index contributed by atoms with van der Waals surface area (Å²) in [5, 5.41) is 3.33. The fourth-order valence-electron chi connectivity index (χ4n) is 2.01. The van der Waals surface area contributed by atoms with Gasteiger partial charge in [-0.25, -0.2) is 0 Å². The van der Waals surface area contributed by atoms with E-state index in [4.69, 9.17) is 4.74 Å². The molecule has 0 aliphatic carbocycles. The zero-order valence-corrected chi connectivity index (χ0v) is 11.0. The SMILES string of the molecule is CCN(C)C(=O)COC1CNc2ccccc2C1. The van der Waals surface area contributed by atoms with Gasteiger partial charge in [0, 0.05) is 32.2 Å². The third-order valence-corrected chi connectivity index (χ3v) is 3.33. The van der Waals surface area contributed by atoms with Crippen LogP contribution in [0.1, 0.15) is 12.5 Å². The van der Waals surface area contributed by atoms with Crippen molar-refractivity contribution >= 4 is 11.6 Å². The summed E-state index contributed by atoms with van der Waals surface area (Å²) >= 11 is 0. The number of hydrogen-bond acceptors (Lipinski definition) is 3. The number of para-hydroxylation sites is 1. The minimum absolute atomic E-state index is 0.0383. The van der Waals surface area contributed by atoms with Gasteiger partial charge < -0.3 is 15.0 Å². The third-order valence-electron chi connectivity index (χ3n) is 3.33. The van der Waals surface area contributed by atoms with Crippen LogP contribution < -0.4 is 5.32 Å². The van der Waals surface area contributed by atoms with Gasteiger partial charge >= 0.3 is 0 Å². The molecule has 1 aliphatic heterocycles. The molecule has 0 bridgehead atoms. The Hall–Kier alpha value is -1.55. The van der Waals surface area contributed by atoms with E-state index in [1.807, 2.05) is 19.1 Å². The maximum Gasteiger partial charge on any atom is 0.248 e. The summed E-state index contributed by atoms with van der Waals surface area (Å²) in [7, 11) is 1.79. The number of nitrogens with zero attached hydrogens (tertiary/aromatic N) is 1. The van der Waals surface area contributed by atoms with E-state index in [0.29, 0.717) is 6.54 Å². The lowest BCUT2D eigenvalue weighted by Crippen LogP contribution is -2.36. The number of benzene rings is 1.